The van der Waals surface area contributed by atoms with E-state index in [0.29, 0.717) is 18.7 Å². The standard InChI is InChI=1S/C11H15N3O2S/c1-12-10(15)9-6-13-3-4-14(9)11(16)8-2-5-17-7-8/h2,5,7,9,13H,3-4,6H2,1H3,(H,12,15). The smallest absolute Gasteiger partial charge is 0.255 e. The molecule has 1 saturated heterocycles. The maximum atomic E-state index is 12.2. The van der Waals surface area contributed by atoms with Crippen LogP contribution in [0.5, 0.6) is 0 Å². The van der Waals surface area contributed by atoms with E-state index in [0.717, 1.165) is 6.54 Å². The number of rotatable bonds is 2. The van der Waals surface area contributed by atoms with E-state index in [4.69, 9.17) is 0 Å². The molecule has 17 heavy (non-hydrogen) atoms. The highest BCUT2D eigenvalue weighted by Gasteiger charge is 2.31. The summed E-state index contributed by atoms with van der Waals surface area (Å²) in [5, 5.41) is 9.40. The molecule has 1 fully saturated rings. The van der Waals surface area contributed by atoms with Crippen molar-refractivity contribution in [3.63, 3.8) is 0 Å². The SMILES string of the molecule is CNC(=O)C1CNCCN1C(=O)c1ccsc1. The van der Waals surface area contributed by atoms with Crippen molar-refractivity contribution in [2.45, 2.75) is 6.04 Å². The van der Waals surface area contributed by atoms with Crippen molar-refractivity contribution >= 4 is 23.2 Å². The van der Waals surface area contributed by atoms with Gasteiger partial charge in [-0.25, -0.2) is 0 Å². The van der Waals surface area contributed by atoms with Crippen molar-refractivity contribution < 1.29 is 9.59 Å². The minimum Gasteiger partial charge on any atom is -0.357 e. The molecule has 1 aromatic heterocycles. The molecule has 0 aromatic carbocycles. The van der Waals surface area contributed by atoms with Crippen molar-refractivity contribution in [1.82, 2.24) is 15.5 Å². The van der Waals surface area contributed by atoms with Crippen LogP contribution in [0.3, 0.4) is 0 Å². The zero-order chi connectivity index (χ0) is 12.3. The Morgan fingerprint density at radius 3 is 3.06 bits per heavy atom. The van der Waals surface area contributed by atoms with E-state index in [1.165, 1.54) is 11.3 Å². The van der Waals surface area contributed by atoms with Crippen LogP contribution in [-0.4, -0.2) is 49.4 Å². The van der Waals surface area contributed by atoms with Crippen molar-refractivity contribution in [1.29, 1.82) is 0 Å². The van der Waals surface area contributed by atoms with Gasteiger partial charge in [-0.15, -0.1) is 0 Å². The van der Waals surface area contributed by atoms with E-state index >= 15 is 0 Å². The van der Waals surface area contributed by atoms with E-state index in [1.54, 1.807) is 18.0 Å². The Balaban J connectivity index is 2.16. The van der Waals surface area contributed by atoms with Crippen LogP contribution in [0.2, 0.25) is 0 Å². The lowest BCUT2D eigenvalue weighted by Crippen LogP contribution is -2.59. The predicted molar refractivity (Wildman–Crippen MR) is 66.1 cm³/mol. The predicted octanol–water partition coefficient (Wildman–Crippen LogP) is -0.0919. The zero-order valence-electron chi connectivity index (χ0n) is 9.60. The topological polar surface area (TPSA) is 61.4 Å². The second kappa shape index (κ2) is 5.29. The van der Waals surface area contributed by atoms with Crippen LogP contribution in [0.25, 0.3) is 0 Å². The van der Waals surface area contributed by atoms with Gasteiger partial charge in [-0.05, 0) is 11.4 Å². The van der Waals surface area contributed by atoms with E-state index < -0.39 is 6.04 Å². The monoisotopic (exact) mass is 253 g/mol. The number of amides is 2. The maximum absolute atomic E-state index is 12.2. The number of carbonyl (C=O) groups excluding carboxylic acids is 2. The molecule has 1 aliphatic rings. The molecule has 6 heteroatoms. The highest BCUT2D eigenvalue weighted by Crippen LogP contribution is 2.13. The van der Waals surface area contributed by atoms with Crippen molar-refractivity contribution in [3.05, 3.63) is 22.4 Å². The molecule has 0 aliphatic carbocycles. The minimum atomic E-state index is -0.416. The van der Waals surface area contributed by atoms with Gasteiger partial charge in [-0.3, -0.25) is 9.59 Å². The number of carbonyl (C=O) groups is 2. The van der Waals surface area contributed by atoms with Crippen LogP contribution in [0.4, 0.5) is 0 Å². The van der Waals surface area contributed by atoms with Gasteiger partial charge in [0.2, 0.25) is 5.91 Å². The van der Waals surface area contributed by atoms with Crippen LogP contribution in [0, 0.1) is 0 Å². The third-order valence-electron chi connectivity index (χ3n) is 2.82. The number of piperazine rings is 1. The Kier molecular flexibility index (Phi) is 3.75. The van der Waals surface area contributed by atoms with Crippen LogP contribution in [0.15, 0.2) is 16.8 Å². The molecule has 2 rings (SSSR count). The largest absolute Gasteiger partial charge is 0.357 e. The lowest BCUT2D eigenvalue weighted by atomic mass is 10.1. The van der Waals surface area contributed by atoms with Gasteiger partial charge < -0.3 is 15.5 Å². The van der Waals surface area contributed by atoms with Gasteiger partial charge in [0.1, 0.15) is 6.04 Å². The fourth-order valence-electron chi connectivity index (χ4n) is 1.90. The van der Waals surface area contributed by atoms with Gasteiger partial charge in [-0.1, -0.05) is 0 Å². The Hall–Kier alpha value is -1.40. The summed E-state index contributed by atoms with van der Waals surface area (Å²) in [5.74, 6) is -0.192. The minimum absolute atomic E-state index is 0.0682. The molecule has 2 N–H and O–H groups in total. The second-order valence-electron chi connectivity index (χ2n) is 3.84. The van der Waals surface area contributed by atoms with Crippen LogP contribution in [0.1, 0.15) is 10.4 Å². The molecule has 92 valence electrons. The van der Waals surface area contributed by atoms with E-state index in [-0.39, 0.29) is 11.8 Å². The Morgan fingerprint density at radius 1 is 1.59 bits per heavy atom. The van der Waals surface area contributed by atoms with E-state index in [9.17, 15) is 9.59 Å². The van der Waals surface area contributed by atoms with Gasteiger partial charge >= 0.3 is 0 Å². The number of likely N-dealkylation sites (N-methyl/N-ethyl adjacent to an activating group) is 1. The van der Waals surface area contributed by atoms with Gasteiger partial charge in [0.15, 0.2) is 0 Å². The van der Waals surface area contributed by atoms with Crippen LogP contribution >= 0.6 is 11.3 Å². The molecular formula is C11H15N3O2S. The third-order valence-corrected chi connectivity index (χ3v) is 3.50. The molecule has 5 nitrogen and oxygen atoms in total. The molecule has 0 spiro atoms. The molecule has 0 saturated carbocycles. The first-order valence-electron chi connectivity index (χ1n) is 5.49. The molecular weight excluding hydrogens is 238 g/mol. The highest BCUT2D eigenvalue weighted by molar-refractivity contribution is 7.08. The van der Waals surface area contributed by atoms with Crippen molar-refractivity contribution in [2.75, 3.05) is 26.7 Å². The van der Waals surface area contributed by atoms with Crippen LogP contribution in [-0.2, 0) is 4.79 Å². The molecule has 2 amide bonds. The number of hydrogen-bond donors (Lipinski definition) is 2. The van der Waals surface area contributed by atoms with Crippen molar-refractivity contribution in [2.24, 2.45) is 0 Å². The lowest BCUT2D eigenvalue weighted by Gasteiger charge is -2.34. The highest BCUT2D eigenvalue weighted by atomic mass is 32.1. The molecule has 1 aliphatic heterocycles. The summed E-state index contributed by atoms with van der Waals surface area (Å²) in [6.45, 7) is 1.80. The maximum Gasteiger partial charge on any atom is 0.255 e. The van der Waals surface area contributed by atoms with E-state index in [2.05, 4.69) is 10.6 Å². The fourth-order valence-corrected chi connectivity index (χ4v) is 2.53. The van der Waals surface area contributed by atoms with Gasteiger partial charge in [-0.2, -0.15) is 11.3 Å². The Morgan fingerprint density at radius 2 is 2.41 bits per heavy atom. The molecule has 1 aromatic rings. The van der Waals surface area contributed by atoms with Gasteiger partial charge in [0, 0.05) is 32.1 Å². The van der Waals surface area contributed by atoms with E-state index in [1.807, 2.05) is 10.8 Å². The number of hydrogen-bond acceptors (Lipinski definition) is 4. The fraction of sp³-hybridized carbons (Fsp3) is 0.455. The third kappa shape index (κ3) is 2.48. The molecule has 1 unspecified atom stereocenters. The first kappa shape index (κ1) is 12.1. The summed E-state index contributed by atoms with van der Waals surface area (Å²) in [7, 11) is 1.59. The summed E-state index contributed by atoms with van der Waals surface area (Å²) in [6.07, 6.45) is 0. The molecule has 0 radical (unpaired) electrons. The van der Waals surface area contributed by atoms with Crippen molar-refractivity contribution in [3.8, 4) is 0 Å². The lowest BCUT2D eigenvalue weighted by molar-refractivity contribution is -0.125. The molecule has 2 heterocycles. The second-order valence-corrected chi connectivity index (χ2v) is 4.62. The number of thiophene rings is 1. The summed E-state index contributed by atoms with van der Waals surface area (Å²) < 4.78 is 0. The van der Waals surface area contributed by atoms with Gasteiger partial charge in [0.05, 0.1) is 5.56 Å². The Bertz CT molecular complexity index is 405. The summed E-state index contributed by atoms with van der Waals surface area (Å²) >= 11 is 1.48. The normalized spacial score (nSPS) is 20.1. The Labute approximate surface area is 104 Å². The number of nitrogens with zero attached hydrogens (tertiary/aromatic N) is 1. The van der Waals surface area contributed by atoms with Gasteiger partial charge in [0.25, 0.3) is 5.91 Å². The average molecular weight is 253 g/mol. The first-order valence-corrected chi connectivity index (χ1v) is 6.44. The summed E-state index contributed by atoms with van der Waals surface area (Å²) in [4.78, 5) is 25.6. The summed E-state index contributed by atoms with van der Waals surface area (Å²) in [6, 6.07) is 1.37. The number of nitrogens with one attached hydrogen (secondary N) is 2. The van der Waals surface area contributed by atoms with Crippen LogP contribution < -0.4 is 10.6 Å². The molecule has 1 atom stereocenters. The zero-order valence-corrected chi connectivity index (χ0v) is 10.4. The molecule has 0 bridgehead atoms. The first-order chi connectivity index (χ1) is 8.24. The summed E-state index contributed by atoms with van der Waals surface area (Å²) in [5.41, 5.74) is 0.658. The average Bonchev–Trinajstić information content (AvgIpc) is 2.91. The quantitative estimate of drug-likeness (QED) is 0.774.